The maximum Gasteiger partial charge on any atom is 1.00 e. The Balaban J connectivity index is -0.0000000575. The summed E-state index contributed by atoms with van der Waals surface area (Å²) < 4.78 is 8.70. The second-order valence-corrected chi connectivity index (χ2v) is 1.74. The van der Waals surface area contributed by atoms with Crippen molar-refractivity contribution in [3.8, 4) is 0 Å². The summed E-state index contributed by atoms with van der Waals surface area (Å²) in [7, 11) is -2.87. The van der Waals surface area contributed by atoms with Crippen molar-refractivity contribution in [3.63, 3.8) is 0 Å². The van der Waals surface area contributed by atoms with Crippen LogP contribution in [0.15, 0.2) is 0 Å². The zero-order chi connectivity index (χ0) is 6.28. The first-order valence-electron chi connectivity index (χ1n) is 1.35. The Morgan fingerprint density at radius 2 is 1.62 bits per heavy atom. The molecule has 0 radical (unpaired) electrons. The molecule has 0 heterocycles. The third-order valence-electron chi connectivity index (χ3n) is 0. The van der Waals surface area contributed by atoms with Crippen LogP contribution in [-0.2, 0) is 4.57 Å². The summed E-state index contributed by atoms with van der Waals surface area (Å²) in [5.74, 6) is 0. The van der Waals surface area contributed by atoms with Crippen molar-refractivity contribution in [1.82, 2.24) is 0 Å². The molecule has 0 aromatic rings. The second-order valence-electron chi connectivity index (χ2n) is 0.442. The zero-order valence-corrected chi connectivity index (χ0v) is 9.02. The Labute approximate surface area is 79.9 Å². The van der Waals surface area contributed by atoms with Crippen molar-refractivity contribution in [2.45, 2.75) is 0 Å². The summed E-state index contributed by atoms with van der Waals surface area (Å²) in [4.78, 5) is 14.2. The van der Waals surface area contributed by atoms with E-state index in [1.807, 2.05) is 0 Å². The quantitative estimate of drug-likeness (QED) is 0.208. The van der Waals surface area contributed by atoms with Gasteiger partial charge in [0.15, 0.2) is 0 Å². The van der Waals surface area contributed by atoms with Crippen LogP contribution in [0, 0.1) is 6.92 Å². The summed E-state index contributed by atoms with van der Waals surface area (Å²) in [5.41, 5.74) is 0. The van der Waals surface area contributed by atoms with E-state index < -0.39 is 8.25 Å². The van der Waals surface area contributed by atoms with Gasteiger partial charge in [0.25, 0.3) is 0 Å². The molecule has 0 spiro atoms. The fourth-order valence-electron chi connectivity index (χ4n) is 0. The molecule has 6 heteroatoms. The Kier molecular flexibility index (Phi) is 32.1. The molecule has 0 rings (SSSR count). The van der Waals surface area contributed by atoms with Gasteiger partial charge in [-0.25, -0.2) is 0 Å². The van der Waals surface area contributed by atoms with Crippen LogP contribution in [0.5, 0.6) is 0 Å². The Morgan fingerprint density at radius 1 is 1.62 bits per heavy atom. The van der Waals surface area contributed by atoms with Crippen LogP contribution < -0.4 is 29.6 Å². The number of rotatable bonds is 0. The van der Waals surface area contributed by atoms with Gasteiger partial charge in [-0.2, -0.15) is 0 Å². The van der Waals surface area contributed by atoms with Crippen molar-refractivity contribution < 1.29 is 43.9 Å². The third kappa shape index (κ3) is 141. The Hall–Kier alpha value is 1.50. The molecule has 0 aliphatic carbocycles. The molecule has 0 aromatic heterocycles. The van der Waals surface area contributed by atoms with Crippen molar-refractivity contribution in [3.05, 3.63) is 6.92 Å². The smallest absolute Gasteiger partial charge is 0.333 e. The molecule has 44 valence electrons. The van der Waals surface area contributed by atoms with Crippen LogP contribution in [0.1, 0.15) is 0 Å². The number of hydrogen-bond donors (Lipinski definition) is 2. The predicted molar refractivity (Wildman–Crippen MR) is 31.2 cm³/mol. The minimum absolute atomic E-state index is 0. The molecule has 2 N–H and O–H groups in total. The summed E-state index contributed by atoms with van der Waals surface area (Å²) in [5, 5.41) is 0.812. The van der Waals surface area contributed by atoms with Gasteiger partial charge in [-0.05, 0) is 0 Å². The van der Waals surface area contributed by atoms with Gasteiger partial charge in [-0.3, -0.25) is 0 Å². The van der Waals surface area contributed by atoms with Crippen LogP contribution >= 0.6 is 24.2 Å². The van der Waals surface area contributed by atoms with E-state index in [1.54, 1.807) is 0 Å². The van der Waals surface area contributed by atoms with Gasteiger partial charge in [0.1, 0.15) is 0 Å². The fraction of sp³-hybridized carbons (Fsp3) is 0.500. The van der Waals surface area contributed by atoms with Crippen molar-refractivity contribution in [2.24, 2.45) is 0 Å². The number of halogens is 1. The van der Waals surface area contributed by atoms with Crippen molar-refractivity contribution >= 4 is 24.2 Å². The van der Waals surface area contributed by atoms with E-state index in [0.29, 0.717) is 0 Å². The first kappa shape index (κ1) is 16.2. The maximum atomic E-state index is 8.70. The van der Waals surface area contributed by atoms with Crippen LogP contribution in [0.2, 0.25) is 0 Å². The maximum absolute atomic E-state index is 8.70. The van der Waals surface area contributed by atoms with E-state index in [2.05, 4.69) is 22.9 Å². The van der Waals surface area contributed by atoms with Gasteiger partial charge in [0.2, 0.25) is 0 Å². The molecule has 0 aliphatic rings. The molecular formula is C2H6BrNaO3P+. The largest absolute Gasteiger partial charge is 1.00 e. The van der Waals surface area contributed by atoms with Gasteiger partial charge < -0.3 is 6.92 Å². The average molecular weight is 212 g/mol. The molecule has 3 nitrogen and oxygen atoms in total. The molecule has 0 atom stereocenters. The van der Waals surface area contributed by atoms with Gasteiger partial charge >= 0.3 is 37.8 Å². The van der Waals surface area contributed by atoms with Crippen molar-refractivity contribution in [2.75, 3.05) is 5.33 Å². The van der Waals surface area contributed by atoms with Gasteiger partial charge in [-0.15, -0.1) is 31.0 Å². The molecule has 0 saturated heterocycles. The molecule has 0 aromatic carbocycles. The molecule has 0 unspecified atom stereocenters. The fourth-order valence-corrected chi connectivity index (χ4v) is 0. The molecule has 0 amide bonds. The van der Waals surface area contributed by atoms with Crippen LogP contribution in [-0.4, -0.2) is 15.1 Å². The minimum atomic E-state index is -2.87. The van der Waals surface area contributed by atoms with Gasteiger partial charge in [-0.1, -0.05) is 0 Å². The van der Waals surface area contributed by atoms with Crippen LogP contribution in [0.25, 0.3) is 0 Å². The monoisotopic (exact) mass is 211 g/mol. The molecule has 0 aliphatic heterocycles. The molecule has 0 bridgehead atoms. The zero-order valence-electron chi connectivity index (χ0n) is 4.54. The normalized spacial score (nSPS) is 5.50. The minimum Gasteiger partial charge on any atom is -0.333 e. The standard InChI is InChI=1S/C2H4Br.Na.HO3P/c1-2-3;;1-4(2)3/h1-2H2;;(H-,1,2,3)/q-1;+1;/p+1. The topological polar surface area (TPSA) is 57.5 Å². The first-order valence-corrected chi connectivity index (χ1v) is 3.64. The molecule has 0 saturated carbocycles. The average Bonchev–Trinajstić information content (AvgIpc) is 1.33. The summed E-state index contributed by atoms with van der Waals surface area (Å²) in [6, 6.07) is 0. The Bertz CT molecular complexity index is 48.5. The molecule has 8 heavy (non-hydrogen) atoms. The second kappa shape index (κ2) is 15.8. The van der Waals surface area contributed by atoms with E-state index in [0.717, 1.165) is 5.33 Å². The van der Waals surface area contributed by atoms with E-state index in [-0.39, 0.29) is 29.6 Å². The number of alkyl halides is 1. The summed E-state index contributed by atoms with van der Waals surface area (Å²) in [6.07, 6.45) is 0. The van der Waals surface area contributed by atoms with Gasteiger partial charge in [0, 0.05) is 4.57 Å². The molecule has 0 fully saturated rings. The first-order chi connectivity index (χ1) is 3.15. The van der Waals surface area contributed by atoms with Crippen LogP contribution in [0.4, 0.5) is 0 Å². The SMILES string of the molecule is O=[P+](O)O.[CH2-]CBr.[Na+]. The third-order valence-corrected chi connectivity index (χ3v) is 0. The van der Waals surface area contributed by atoms with E-state index in [1.165, 1.54) is 0 Å². The summed E-state index contributed by atoms with van der Waals surface area (Å²) in [6.45, 7) is 3.40. The molecular weight excluding hydrogens is 206 g/mol. The van der Waals surface area contributed by atoms with Gasteiger partial charge in [0.05, 0.1) is 0 Å². The van der Waals surface area contributed by atoms with Crippen molar-refractivity contribution in [1.29, 1.82) is 0 Å². The van der Waals surface area contributed by atoms with Crippen LogP contribution in [0.3, 0.4) is 0 Å². The Morgan fingerprint density at radius 3 is 1.62 bits per heavy atom. The summed E-state index contributed by atoms with van der Waals surface area (Å²) >= 11 is 3.03. The van der Waals surface area contributed by atoms with E-state index >= 15 is 0 Å². The predicted octanol–water partition coefficient (Wildman–Crippen LogP) is -2.15. The van der Waals surface area contributed by atoms with E-state index in [4.69, 9.17) is 14.4 Å². The number of hydrogen-bond acceptors (Lipinski definition) is 1. The van der Waals surface area contributed by atoms with E-state index in [9.17, 15) is 0 Å².